The van der Waals surface area contributed by atoms with E-state index in [1.807, 2.05) is 0 Å². The van der Waals surface area contributed by atoms with Gasteiger partial charge in [0.15, 0.2) is 0 Å². The van der Waals surface area contributed by atoms with E-state index in [-0.39, 0.29) is 11.6 Å². The standard InChI is InChI=1S/C15H16F2N2/c1-19(15-7-3-2-5-13(15)17)14-8-4-6-12(16)11(14)9-10-18/h2-8H,9-10,18H2,1H3. The maximum Gasteiger partial charge on any atom is 0.146 e. The van der Waals surface area contributed by atoms with E-state index in [2.05, 4.69) is 0 Å². The quantitative estimate of drug-likeness (QED) is 0.916. The van der Waals surface area contributed by atoms with E-state index in [4.69, 9.17) is 5.73 Å². The number of hydrogen-bond donors (Lipinski definition) is 1. The minimum atomic E-state index is -0.340. The van der Waals surface area contributed by atoms with Crippen LogP contribution in [-0.2, 0) is 6.42 Å². The fourth-order valence-corrected chi connectivity index (χ4v) is 2.11. The van der Waals surface area contributed by atoms with Crippen molar-refractivity contribution >= 4 is 11.4 Å². The summed E-state index contributed by atoms with van der Waals surface area (Å²) in [5, 5.41) is 0. The minimum absolute atomic E-state index is 0.314. The number of anilines is 2. The lowest BCUT2D eigenvalue weighted by Gasteiger charge is -2.23. The van der Waals surface area contributed by atoms with Crippen LogP contribution >= 0.6 is 0 Å². The van der Waals surface area contributed by atoms with Gasteiger partial charge in [-0.2, -0.15) is 0 Å². The average Bonchev–Trinajstić information content (AvgIpc) is 2.41. The molecule has 0 radical (unpaired) electrons. The Bertz CT molecular complexity index is 570. The molecule has 0 aliphatic carbocycles. The Morgan fingerprint density at radius 3 is 2.26 bits per heavy atom. The molecular weight excluding hydrogens is 246 g/mol. The Morgan fingerprint density at radius 1 is 0.947 bits per heavy atom. The largest absolute Gasteiger partial charge is 0.342 e. The molecule has 100 valence electrons. The molecule has 0 aliphatic heterocycles. The molecule has 0 heterocycles. The van der Waals surface area contributed by atoms with Crippen LogP contribution in [0, 0.1) is 11.6 Å². The molecule has 0 unspecified atom stereocenters. The normalized spacial score (nSPS) is 10.5. The first-order valence-electron chi connectivity index (χ1n) is 6.11. The van der Waals surface area contributed by atoms with Gasteiger partial charge in [-0.15, -0.1) is 0 Å². The highest BCUT2D eigenvalue weighted by Crippen LogP contribution is 2.30. The summed E-state index contributed by atoms with van der Waals surface area (Å²) < 4.78 is 27.6. The highest BCUT2D eigenvalue weighted by Gasteiger charge is 2.14. The zero-order valence-electron chi connectivity index (χ0n) is 10.7. The van der Waals surface area contributed by atoms with E-state index in [0.717, 1.165) is 0 Å². The first-order chi connectivity index (χ1) is 9.15. The number of nitrogens with zero attached hydrogens (tertiary/aromatic N) is 1. The number of rotatable bonds is 4. The third kappa shape index (κ3) is 2.74. The van der Waals surface area contributed by atoms with E-state index < -0.39 is 0 Å². The van der Waals surface area contributed by atoms with Gasteiger partial charge < -0.3 is 10.6 Å². The van der Waals surface area contributed by atoms with Crippen molar-refractivity contribution in [3.05, 3.63) is 59.7 Å². The molecule has 0 saturated carbocycles. The Balaban J connectivity index is 2.47. The molecule has 2 rings (SSSR count). The van der Waals surface area contributed by atoms with Crippen molar-refractivity contribution in [2.45, 2.75) is 6.42 Å². The summed E-state index contributed by atoms with van der Waals surface area (Å²) in [6.45, 7) is 0.346. The Kier molecular flexibility index (Phi) is 4.12. The molecule has 19 heavy (non-hydrogen) atoms. The van der Waals surface area contributed by atoms with Gasteiger partial charge in [0.1, 0.15) is 11.6 Å². The summed E-state index contributed by atoms with van der Waals surface area (Å²) in [5.41, 5.74) is 7.06. The molecule has 2 aromatic rings. The maximum atomic E-state index is 13.8. The molecule has 2 N–H and O–H groups in total. The molecule has 0 fully saturated rings. The first kappa shape index (κ1) is 13.5. The van der Waals surface area contributed by atoms with Crippen LogP contribution in [0.4, 0.5) is 20.2 Å². The fraction of sp³-hybridized carbons (Fsp3) is 0.200. The maximum absolute atomic E-state index is 13.8. The number of nitrogens with two attached hydrogens (primary N) is 1. The molecule has 0 bridgehead atoms. The van der Waals surface area contributed by atoms with Crippen molar-refractivity contribution in [3.8, 4) is 0 Å². The molecule has 4 heteroatoms. The fourth-order valence-electron chi connectivity index (χ4n) is 2.11. The van der Waals surface area contributed by atoms with Gasteiger partial charge in [-0.05, 0) is 37.2 Å². The lowest BCUT2D eigenvalue weighted by molar-refractivity contribution is 0.608. The summed E-state index contributed by atoms with van der Waals surface area (Å²) in [4.78, 5) is 1.64. The molecule has 2 nitrogen and oxygen atoms in total. The molecule has 0 aliphatic rings. The molecular formula is C15H16F2N2. The number of benzene rings is 2. The summed E-state index contributed by atoms with van der Waals surface area (Å²) >= 11 is 0. The van der Waals surface area contributed by atoms with Crippen LogP contribution in [-0.4, -0.2) is 13.6 Å². The number of para-hydroxylation sites is 1. The number of hydrogen-bond acceptors (Lipinski definition) is 2. The van der Waals surface area contributed by atoms with Crippen molar-refractivity contribution in [2.75, 3.05) is 18.5 Å². The third-order valence-corrected chi connectivity index (χ3v) is 3.06. The van der Waals surface area contributed by atoms with Crippen molar-refractivity contribution < 1.29 is 8.78 Å². The van der Waals surface area contributed by atoms with Crippen LogP contribution in [0.5, 0.6) is 0 Å². The van der Waals surface area contributed by atoms with E-state index in [0.29, 0.717) is 29.9 Å². The second-order valence-electron chi connectivity index (χ2n) is 4.29. The van der Waals surface area contributed by atoms with Crippen LogP contribution < -0.4 is 10.6 Å². The van der Waals surface area contributed by atoms with Gasteiger partial charge in [-0.1, -0.05) is 18.2 Å². The SMILES string of the molecule is CN(c1ccccc1F)c1cccc(F)c1CCN. The van der Waals surface area contributed by atoms with Crippen LogP contribution in [0.15, 0.2) is 42.5 Å². The van der Waals surface area contributed by atoms with Crippen LogP contribution in [0.25, 0.3) is 0 Å². The van der Waals surface area contributed by atoms with Gasteiger partial charge in [0.05, 0.1) is 5.69 Å². The predicted molar refractivity (Wildman–Crippen MR) is 73.6 cm³/mol. The van der Waals surface area contributed by atoms with Gasteiger partial charge in [0.2, 0.25) is 0 Å². The van der Waals surface area contributed by atoms with E-state index >= 15 is 0 Å². The third-order valence-electron chi connectivity index (χ3n) is 3.06. The van der Waals surface area contributed by atoms with Gasteiger partial charge >= 0.3 is 0 Å². The highest BCUT2D eigenvalue weighted by atomic mass is 19.1. The summed E-state index contributed by atoms with van der Waals surface area (Å²) in [5.74, 6) is -0.654. The number of halogens is 2. The Hall–Kier alpha value is -1.94. The molecule has 0 saturated heterocycles. The molecule has 0 amide bonds. The predicted octanol–water partition coefficient (Wildman–Crippen LogP) is 3.23. The van der Waals surface area contributed by atoms with E-state index in [1.165, 1.54) is 12.1 Å². The lowest BCUT2D eigenvalue weighted by atomic mass is 10.1. The second kappa shape index (κ2) is 5.80. The van der Waals surface area contributed by atoms with Gasteiger partial charge in [-0.3, -0.25) is 0 Å². The monoisotopic (exact) mass is 262 g/mol. The van der Waals surface area contributed by atoms with Gasteiger partial charge in [0, 0.05) is 18.3 Å². The van der Waals surface area contributed by atoms with Crippen molar-refractivity contribution in [2.24, 2.45) is 5.73 Å². The van der Waals surface area contributed by atoms with Gasteiger partial charge in [0.25, 0.3) is 0 Å². The van der Waals surface area contributed by atoms with Gasteiger partial charge in [-0.25, -0.2) is 8.78 Å². The second-order valence-corrected chi connectivity index (χ2v) is 4.29. The summed E-state index contributed by atoms with van der Waals surface area (Å²) in [6, 6.07) is 11.2. The smallest absolute Gasteiger partial charge is 0.146 e. The van der Waals surface area contributed by atoms with Crippen LogP contribution in [0.3, 0.4) is 0 Å². The minimum Gasteiger partial charge on any atom is -0.342 e. The molecule has 0 aromatic heterocycles. The van der Waals surface area contributed by atoms with Crippen molar-refractivity contribution in [1.82, 2.24) is 0 Å². The van der Waals surface area contributed by atoms with Crippen molar-refractivity contribution in [3.63, 3.8) is 0 Å². The summed E-state index contributed by atoms with van der Waals surface area (Å²) in [7, 11) is 1.72. The Labute approximate surface area is 111 Å². The highest BCUT2D eigenvalue weighted by molar-refractivity contribution is 5.66. The average molecular weight is 262 g/mol. The zero-order valence-corrected chi connectivity index (χ0v) is 10.7. The Morgan fingerprint density at radius 2 is 1.58 bits per heavy atom. The topological polar surface area (TPSA) is 29.3 Å². The first-order valence-corrected chi connectivity index (χ1v) is 6.11. The molecule has 2 aromatic carbocycles. The van der Waals surface area contributed by atoms with E-state index in [1.54, 1.807) is 42.3 Å². The summed E-state index contributed by atoms with van der Waals surface area (Å²) in [6.07, 6.45) is 0.417. The van der Waals surface area contributed by atoms with Crippen LogP contribution in [0.1, 0.15) is 5.56 Å². The molecule has 0 atom stereocenters. The lowest BCUT2D eigenvalue weighted by Crippen LogP contribution is -2.16. The molecule has 0 spiro atoms. The van der Waals surface area contributed by atoms with Crippen LogP contribution in [0.2, 0.25) is 0 Å². The zero-order chi connectivity index (χ0) is 13.8. The van der Waals surface area contributed by atoms with Crippen molar-refractivity contribution in [1.29, 1.82) is 0 Å². The van der Waals surface area contributed by atoms with E-state index in [9.17, 15) is 8.78 Å².